The van der Waals surface area contributed by atoms with Crippen molar-refractivity contribution in [3.05, 3.63) is 59.9 Å². The summed E-state index contributed by atoms with van der Waals surface area (Å²) in [4.78, 5) is 18.3. The van der Waals surface area contributed by atoms with E-state index in [9.17, 15) is 18.0 Å². The van der Waals surface area contributed by atoms with Crippen molar-refractivity contribution in [3.8, 4) is 28.5 Å². The molecular formula is C24H21F3N4O4S. The molecule has 1 amide bonds. The highest BCUT2D eigenvalue weighted by molar-refractivity contribution is 7.98. The van der Waals surface area contributed by atoms with Gasteiger partial charge in [0.25, 0.3) is 5.91 Å². The highest BCUT2D eigenvalue weighted by atomic mass is 32.2. The monoisotopic (exact) mass is 518 g/mol. The number of hydrogen-bond donors (Lipinski definition) is 1. The fourth-order valence-corrected chi connectivity index (χ4v) is 4.19. The van der Waals surface area contributed by atoms with Crippen LogP contribution in [0.4, 0.5) is 18.9 Å². The summed E-state index contributed by atoms with van der Waals surface area (Å²) in [7, 11) is 4.20. The van der Waals surface area contributed by atoms with E-state index in [0.29, 0.717) is 10.2 Å². The summed E-state index contributed by atoms with van der Waals surface area (Å²) >= 11 is 1.42. The first-order valence-electron chi connectivity index (χ1n) is 10.4. The summed E-state index contributed by atoms with van der Waals surface area (Å²) in [5.74, 6) is 0.108. The number of aromatic nitrogens is 3. The predicted molar refractivity (Wildman–Crippen MR) is 129 cm³/mol. The Morgan fingerprint density at radius 2 is 1.69 bits per heavy atom. The van der Waals surface area contributed by atoms with Gasteiger partial charge in [-0.2, -0.15) is 18.3 Å². The number of anilines is 1. The topological polar surface area (TPSA) is 87.0 Å². The molecular weight excluding hydrogens is 497 g/mol. The quantitative estimate of drug-likeness (QED) is 0.327. The maximum absolute atomic E-state index is 14.0. The number of hydrogen-bond acceptors (Lipinski definition) is 7. The Kier molecular flexibility index (Phi) is 6.97. The average Bonchev–Trinajstić information content (AvgIpc) is 3.31. The van der Waals surface area contributed by atoms with E-state index < -0.39 is 17.8 Å². The smallest absolute Gasteiger partial charge is 0.433 e. The van der Waals surface area contributed by atoms with E-state index >= 15 is 0 Å². The zero-order chi connectivity index (χ0) is 26.0. The Balaban J connectivity index is 1.89. The number of alkyl halides is 3. The van der Waals surface area contributed by atoms with Crippen LogP contribution < -0.4 is 19.5 Å². The lowest BCUT2D eigenvalue weighted by Gasteiger charge is -2.15. The molecule has 12 heteroatoms. The molecule has 0 unspecified atom stereocenters. The standard InChI is InChI=1S/C24H21F3N4O4S/c1-33-17-9-13(10-18(34-2)21(17)35-3)16-11-20(24(25,26)27)31-22(29-16)14(12-28-31)23(32)30-15-7-5-6-8-19(15)36-4/h5-12H,1-4H3,(H,30,32). The fraction of sp³-hybridized carbons (Fsp3) is 0.208. The minimum absolute atomic E-state index is 0.0619. The molecule has 36 heavy (non-hydrogen) atoms. The van der Waals surface area contributed by atoms with Crippen molar-refractivity contribution in [1.29, 1.82) is 0 Å². The zero-order valence-corrected chi connectivity index (χ0v) is 20.5. The third-order valence-corrected chi connectivity index (χ3v) is 6.12. The Morgan fingerprint density at radius 1 is 1.03 bits per heavy atom. The van der Waals surface area contributed by atoms with Crippen LogP contribution in [0.1, 0.15) is 16.1 Å². The summed E-state index contributed by atoms with van der Waals surface area (Å²) in [6, 6.07) is 10.9. The number of halogens is 3. The maximum Gasteiger partial charge on any atom is 0.433 e. The molecule has 8 nitrogen and oxygen atoms in total. The van der Waals surface area contributed by atoms with Crippen molar-refractivity contribution in [2.75, 3.05) is 32.9 Å². The molecule has 0 saturated heterocycles. The van der Waals surface area contributed by atoms with Gasteiger partial charge in [0.05, 0.1) is 38.9 Å². The predicted octanol–water partition coefficient (Wildman–Crippen LogP) is 5.42. The molecule has 0 atom stereocenters. The first-order chi connectivity index (χ1) is 17.2. The minimum atomic E-state index is -4.78. The minimum Gasteiger partial charge on any atom is -0.493 e. The van der Waals surface area contributed by atoms with Crippen LogP contribution >= 0.6 is 11.8 Å². The first-order valence-corrected chi connectivity index (χ1v) is 11.6. The number of ether oxygens (including phenoxy) is 3. The van der Waals surface area contributed by atoms with Gasteiger partial charge in [-0.05, 0) is 36.6 Å². The molecule has 0 spiro atoms. The number of benzene rings is 2. The lowest BCUT2D eigenvalue weighted by Crippen LogP contribution is -2.16. The van der Waals surface area contributed by atoms with E-state index in [2.05, 4.69) is 15.4 Å². The van der Waals surface area contributed by atoms with Gasteiger partial charge in [-0.25, -0.2) is 9.50 Å². The van der Waals surface area contributed by atoms with Crippen LogP contribution in [0, 0.1) is 0 Å². The molecule has 2 aromatic carbocycles. The molecule has 188 valence electrons. The Bertz CT molecular complexity index is 1410. The number of fused-ring (bicyclic) bond motifs is 1. The second-order valence-corrected chi connectivity index (χ2v) is 8.23. The maximum atomic E-state index is 14.0. The van der Waals surface area contributed by atoms with E-state index in [1.807, 2.05) is 18.4 Å². The molecule has 4 rings (SSSR count). The largest absolute Gasteiger partial charge is 0.493 e. The normalized spacial score (nSPS) is 11.4. The zero-order valence-electron chi connectivity index (χ0n) is 19.6. The van der Waals surface area contributed by atoms with Crippen LogP contribution in [0.15, 0.2) is 53.6 Å². The van der Waals surface area contributed by atoms with Crippen molar-refractivity contribution in [1.82, 2.24) is 14.6 Å². The number of amides is 1. The summed E-state index contributed by atoms with van der Waals surface area (Å²) in [6.07, 6.45) is -1.86. The summed E-state index contributed by atoms with van der Waals surface area (Å²) < 4.78 is 58.6. The average molecular weight is 519 g/mol. The van der Waals surface area contributed by atoms with Crippen LogP contribution in [0.5, 0.6) is 17.2 Å². The molecule has 2 aromatic heterocycles. The van der Waals surface area contributed by atoms with Gasteiger partial charge in [0.15, 0.2) is 22.8 Å². The van der Waals surface area contributed by atoms with E-state index in [1.54, 1.807) is 12.1 Å². The molecule has 2 heterocycles. The van der Waals surface area contributed by atoms with Gasteiger partial charge < -0.3 is 19.5 Å². The van der Waals surface area contributed by atoms with E-state index in [-0.39, 0.29) is 39.7 Å². The molecule has 0 radical (unpaired) electrons. The summed E-state index contributed by atoms with van der Waals surface area (Å²) in [6.45, 7) is 0. The van der Waals surface area contributed by atoms with Gasteiger partial charge in [-0.1, -0.05) is 12.1 Å². The van der Waals surface area contributed by atoms with Gasteiger partial charge in [-0.15, -0.1) is 11.8 Å². The van der Waals surface area contributed by atoms with Crippen LogP contribution in [0.2, 0.25) is 0 Å². The molecule has 0 aliphatic rings. The second kappa shape index (κ2) is 9.97. The number of nitrogens with one attached hydrogen (secondary N) is 1. The Hall–Kier alpha value is -3.93. The highest BCUT2D eigenvalue weighted by Crippen LogP contribution is 2.42. The van der Waals surface area contributed by atoms with Crippen molar-refractivity contribution >= 4 is 29.0 Å². The number of rotatable bonds is 7. The molecule has 0 bridgehead atoms. The third-order valence-electron chi connectivity index (χ3n) is 5.32. The van der Waals surface area contributed by atoms with Crippen molar-refractivity contribution in [2.45, 2.75) is 11.1 Å². The molecule has 0 fully saturated rings. The van der Waals surface area contributed by atoms with Crippen molar-refractivity contribution in [3.63, 3.8) is 0 Å². The van der Waals surface area contributed by atoms with Crippen LogP contribution in [-0.4, -0.2) is 48.1 Å². The number of methoxy groups -OCH3 is 3. The number of nitrogens with zero attached hydrogens (tertiary/aromatic N) is 3. The van der Waals surface area contributed by atoms with Gasteiger partial charge in [0.1, 0.15) is 5.56 Å². The van der Waals surface area contributed by atoms with Gasteiger partial charge >= 0.3 is 6.18 Å². The lowest BCUT2D eigenvalue weighted by molar-refractivity contribution is -0.142. The van der Waals surface area contributed by atoms with Crippen molar-refractivity contribution < 1.29 is 32.2 Å². The third kappa shape index (κ3) is 4.63. The molecule has 0 aliphatic heterocycles. The van der Waals surface area contributed by atoms with E-state index in [1.165, 1.54) is 45.2 Å². The number of carbonyl (C=O) groups excluding carboxylic acids is 1. The van der Waals surface area contributed by atoms with Crippen molar-refractivity contribution in [2.24, 2.45) is 0 Å². The second-order valence-electron chi connectivity index (χ2n) is 7.39. The van der Waals surface area contributed by atoms with E-state index in [4.69, 9.17) is 14.2 Å². The number of thioether (sulfide) groups is 1. The molecule has 0 saturated carbocycles. The van der Waals surface area contributed by atoms with E-state index in [0.717, 1.165) is 17.2 Å². The van der Waals surface area contributed by atoms with Crippen LogP contribution in [-0.2, 0) is 6.18 Å². The van der Waals surface area contributed by atoms with Crippen LogP contribution in [0.25, 0.3) is 16.9 Å². The van der Waals surface area contributed by atoms with Gasteiger partial charge in [0.2, 0.25) is 5.75 Å². The van der Waals surface area contributed by atoms with Crippen LogP contribution in [0.3, 0.4) is 0 Å². The summed E-state index contributed by atoms with van der Waals surface area (Å²) in [5, 5.41) is 6.55. The fourth-order valence-electron chi connectivity index (χ4n) is 3.64. The highest BCUT2D eigenvalue weighted by Gasteiger charge is 2.36. The number of para-hydroxylation sites is 1. The lowest BCUT2D eigenvalue weighted by atomic mass is 10.1. The summed E-state index contributed by atoms with van der Waals surface area (Å²) in [5.41, 5.74) is -0.754. The first kappa shape index (κ1) is 25.2. The molecule has 4 aromatic rings. The number of carbonyl (C=O) groups is 1. The molecule has 1 N–H and O–H groups in total. The van der Waals surface area contributed by atoms with Gasteiger partial charge in [-0.3, -0.25) is 4.79 Å². The SMILES string of the molecule is COc1cc(-c2cc(C(F)(F)F)n3ncc(C(=O)Nc4ccccc4SC)c3n2)cc(OC)c1OC. The molecule has 0 aliphatic carbocycles. The Morgan fingerprint density at radius 3 is 2.28 bits per heavy atom. The Labute approximate surface area is 208 Å². The van der Waals surface area contributed by atoms with Gasteiger partial charge in [0, 0.05) is 10.5 Å².